The molecule has 23 heavy (non-hydrogen) atoms. The molecule has 3 fully saturated rings. The van der Waals surface area contributed by atoms with E-state index in [1.165, 1.54) is 31.3 Å². The van der Waals surface area contributed by atoms with Crippen molar-refractivity contribution in [3.8, 4) is 0 Å². The molecular weight excluding hydrogens is 333 g/mol. The van der Waals surface area contributed by atoms with Crippen LogP contribution in [0.5, 0.6) is 0 Å². The van der Waals surface area contributed by atoms with Gasteiger partial charge in [-0.15, -0.1) is 24.8 Å². The van der Waals surface area contributed by atoms with Gasteiger partial charge in [-0.2, -0.15) is 0 Å². The number of ether oxygens (including phenoxy) is 1. The molecule has 1 N–H and O–H groups in total. The maximum atomic E-state index is 6.46. The predicted molar refractivity (Wildman–Crippen MR) is 97.2 cm³/mol. The van der Waals surface area contributed by atoms with Gasteiger partial charge in [0.2, 0.25) is 5.90 Å². The van der Waals surface area contributed by atoms with E-state index in [0.717, 1.165) is 30.1 Å². The Hall–Kier alpha value is -1.23. The first-order valence-electron chi connectivity index (χ1n) is 7.86. The van der Waals surface area contributed by atoms with Crippen molar-refractivity contribution in [1.29, 1.82) is 0 Å². The van der Waals surface area contributed by atoms with E-state index in [1.807, 2.05) is 6.20 Å². The summed E-state index contributed by atoms with van der Waals surface area (Å²) in [4.78, 5) is 10.6. The number of hydrogen-bond acceptors (Lipinski definition) is 3. The SMILES string of the molecule is Cl.Cl.c1ccc2c(C3=NCC4(CN5CCC4CC5)O3)c[nH]c2c1. The molecule has 6 rings (SSSR count). The molecule has 1 aromatic carbocycles. The maximum Gasteiger partial charge on any atom is 0.219 e. The van der Waals surface area contributed by atoms with Crippen molar-refractivity contribution >= 4 is 41.6 Å². The van der Waals surface area contributed by atoms with Crippen molar-refractivity contribution in [2.24, 2.45) is 10.9 Å². The lowest BCUT2D eigenvalue weighted by Gasteiger charge is -2.50. The van der Waals surface area contributed by atoms with Gasteiger partial charge in [-0.1, -0.05) is 18.2 Å². The summed E-state index contributed by atoms with van der Waals surface area (Å²) in [7, 11) is 0. The molecule has 0 aliphatic carbocycles. The van der Waals surface area contributed by atoms with Gasteiger partial charge in [-0.3, -0.25) is 4.90 Å². The molecule has 0 saturated carbocycles. The van der Waals surface area contributed by atoms with Crippen LogP contribution in [-0.2, 0) is 4.74 Å². The molecule has 2 bridgehead atoms. The van der Waals surface area contributed by atoms with Gasteiger partial charge in [0.25, 0.3) is 0 Å². The number of aromatic nitrogens is 1. The molecule has 0 radical (unpaired) electrons. The van der Waals surface area contributed by atoms with Gasteiger partial charge in [-0.25, -0.2) is 4.99 Å². The van der Waals surface area contributed by atoms with Crippen LogP contribution in [-0.4, -0.2) is 47.6 Å². The van der Waals surface area contributed by atoms with Gasteiger partial charge in [0.05, 0.1) is 12.1 Å². The fourth-order valence-corrected chi connectivity index (χ4v) is 4.27. The van der Waals surface area contributed by atoms with Crippen molar-refractivity contribution < 1.29 is 4.74 Å². The van der Waals surface area contributed by atoms with Crippen LogP contribution in [0.1, 0.15) is 18.4 Å². The maximum absolute atomic E-state index is 6.46. The summed E-state index contributed by atoms with van der Waals surface area (Å²) in [6, 6.07) is 8.35. The van der Waals surface area contributed by atoms with Crippen LogP contribution in [0.2, 0.25) is 0 Å². The predicted octanol–water partition coefficient (Wildman–Crippen LogP) is 3.25. The van der Waals surface area contributed by atoms with Crippen molar-refractivity contribution in [2.75, 3.05) is 26.2 Å². The Morgan fingerprint density at radius 2 is 1.96 bits per heavy atom. The molecular formula is C17H21Cl2N3O. The topological polar surface area (TPSA) is 40.6 Å². The Morgan fingerprint density at radius 1 is 1.17 bits per heavy atom. The highest BCUT2D eigenvalue weighted by Crippen LogP contribution is 2.42. The quantitative estimate of drug-likeness (QED) is 0.854. The second-order valence-electron chi connectivity index (χ2n) is 6.59. The average Bonchev–Trinajstić information content (AvgIpc) is 3.13. The number of hydrogen-bond donors (Lipinski definition) is 1. The van der Waals surface area contributed by atoms with E-state index in [1.54, 1.807) is 0 Å². The third-order valence-corrected chi connectivity index (χ3v) is 5.43. The second-order valence-corrected chi connectivity index (χ2v) is 6.59. The Balaban J connectivity index is 0.000000781. The third-order valence-electron chi connectivity index (χ3n) is 5.43. The summed E-state index contributed by atoms with van der Waals surface area (Å²) < 4.78 is 6.46. The number of H-pyrrole nitrogens is 1. The highest BCUT2D eigenvalue weighted by atomic mass is 35.5. The second kappa shape index (κ2) is 6.00. The zero-order valence-electron chi connectivity index (χ0n) is 12.8. The van der Waals surface area contributed by atoms with Crippen molar-refractivity contribution in [3.05, 3.63) is 36.0 Å². The van der Waals surface area contributed by atoms with Crippen LogP contribution < -0.4 is 0 Å². The van der Waals surface area contributed by atoms with E-state index >= 15 is 0 Å². The van der Waals surface area contributed by atoms with Crippen LogP contribution in [0, 0.1) is 5.92 Å². The molecule has 4 aliphatic rings. The summed E-state index contributed by atoms with van der Waals surface area (Å²) in [5, 5.41) is 1.20. The highest BCUT2D eigenvalue weighted by molar-refractivity contribution is 6.07. The first kappa shape index (κ1) is 16.6. The third kappa shape index (κ3) is 2.44. The zero-order chi connectivity index (χ0) is 13.9. The monoisotopic (exact) mass is 353 g/mol. The smallest absolute Gasteiger partial charge is 0.219 e. The molecule has 124 valence electrons. The molecule has 1 aromatic heterocycles. The Morgan fingerprint density at radius 3 is 2.70 bits per heavy atom. The molecule has 5 heterocycles. The zero-order valence-corrected chi connectivity index (χ0v) is 14.5. The molecule has 0 amide bonds. The Labute approximate surface area is 148 Å². The lowest BCUT2D eigenvalue weighted by atomic mass is 9.75. The number of fused-ring (bicyclic) bond motifs is 3. The van der Waals surface area contributed by atoms with Crippen LogP contribution in [0.3, 0.4) is 0 Å². The molecule has 4 nitrogen and oxygen atoms in total. The van der Waals surface area contributed by atoms with Gasteiger partial charge in [0, 0.05) is 29.6 Å². The number of nitrogens with one attached hydrogen (secondary N) is 1. The number of nitrogens with zero attached hydrogens (tertiary/aromatic N) is 2. The highest BCUT2D eigenvalue weighted by Gasteiger charge is 2.51. The molecule has 3 saturated heterocycles. The standard InChI is InChI=1S/C17H19N3O.2ClH/c1-2-4-15-13(3-1)14(9-18-15)16-19-10-17(21-16)11-20-7-5-12(17)6-8-20;;/h1-4,9,12,18H,5-8,10-11H2;2*1H. The molecule has 6 heteroatoms. The fourth-order valence-electron chi connectivity index (χ4n) is 4.27. The minimum Gasteiger partial charge on any atom is -0.467 e. The van der Waals surface area contributed by atoms with Crippen LogP contribution >= 0.6 is 24.8 Å². The summed E-state index contributed by atoms with van der Waals surface area (Å²) in [6.45, 7) is 4.34. The van der Waals surface area contributed by atoms with Crippen LogP contribution in [0.4, 0.5) is 0 Å². The Kier molecular flexibility index (Phi) is 4.34. The fraction of sp³-hybridized carbons (Fsp3) is 0.471. The number of benzene rings is 1. The lowest BCUT2D eigenvalue weighted by molar-refractivity contribution is -0.0825. The minimum atomic E-state index is -0.0514. The van der Waals surface area contributed by atoms with Crippen molar-refractivity contribution in [2.45, 2.75) is 18.4 Å². The van der Waals surface area contributed by atoms with Gasteiger partial charge in [0.1, 0.15) is 5.60 Å². The van der Waals surface area contributed by atoms with Gasteiger partial charge < -0.3 is 9.72 Å². The summed E-state index contributed by atoms with van der Waals surface area (Å²) in [5.74, 6) is 1.51. The van der Waals surface area contributed by atoms with Gasteiger partial charge in [0.15, 0.2) is 0 Å². The minimum absolute atomic E-state index is 0. The van der Waals surface area contributed by atoms with Crippen molar-refractivity contribution in [1.82, 2.24) is 9.88 Å². The van der Waals surface area contributed by atoms with Gasteiger partial charge >= 0.3 is 0 Å². The molecule has 1 atom stereocenters. The van der Waals surface area contributed by atoms with E-state index in [2.05, 4.69) is 34.1 Å². The van der Waals surface area contributed by atoms with Crippen molar-refractivity contribution in [3.63, 3.8) is 0 Å². The van der Waals surface area contributed by atoms with E-state index in [4.69, 9.17) is 9.73 Å². The lowest BCUT2D eigenvalue weighted by Crippen LogP contribution is -2.60. The molecule has 2 aromatic rings. The van der Waals surface area contributed by atoms with E-state index in [9.17, 15) is 0 Å². The van der Waals surface area contributed by atoms with Crippen LogP contribution in [0.15, 0.2) is 35.5 Å². The summed E-state index contributed by atoms with van der Waals surface area (Å²) in [6.07, 6.45) is 4.55. The number of para-hydroxylation sites is 1. The average molecular weight is 354 g/mol. The molecule has 4 aliphatic heterocycles. The first-order chi connectivity index (χ1) is 10.3. The largest absolute Gasteiger partial charge is 0.467 e. The number of piperidine rings is 3. The Bertz CT molecular complexity index is 736. The summed E-state index contributed by atoms with van der Waals surface area (Å²) in [5.41, 5.74) is 2.21. The van der Waals surface area contributed by atoms with E-state index in [-0.39, 0.29) is 30.4 Å². The molecule has 1 unspecified atom stereocenters. The number of halogens is 2. The number of aliphatic imine (C=N–C) groups is 1. The van der Waals surface area contributed by atoms with Gasteiger partial charge in [-0.05, 0) is 32.0 Å². The summed E-state index contributed by atoms with van der Waals surface area (Å²) >= 11 is 0. The first-order valence-corrected chi connectivity index (χ1v) is 7.86. The number of aromatic amines is 1. The number of rotatable bonds is 1. The van der Waals surface area contributed by atoms with Crippen LogP contribution in [0.25, 0.3) is 10.9 Å². The van der Waals surface area contributed by atoms with E-state index < -0.39 is 0 Å². The normalized spacial score (nSPS) is 31.4. The molecule has 1 spiro atoms. The van der Waals surface area contributed by atoms with E-state index in [0.29, 0.717) is 5.92 Å².